The average molecular weight is 311 g/mol. The van der Waals surface area contributed by atoms with Gasteiger partial charge in [0.25, 0.3) is 0 Å². The van der Waals surface area contributed by atoms with Gasteiger partial charge in [0.2, 0.25) is 11.8 Å². The summed E-state index contributed by atoms with van der Waals surface area (Å²) in [4.78, 5) is 29.8. The number of pyridine rings is 1. The van der Waals surface area contributed by atoms with Gasteiger partial charge in [0.1, 0.15) is 6.54 Å². The van der Waals surface area contributed by atoms with Crippen LogP contribution in [-0.4, -0.2) is 23.3 Å². The Balaban J connectivity index is 2.04. The van der Waals surface area contributed by atoms with Crippen LogP contribution >= 0.6 is 0 Å². The van der Waals surface area contributed by atoms with E-state index in [1.165, 1.54) is 11.8 Å². The van der Waals surface area contributed by atoms with Crippen molar-refractivity contribution in [3.8, 4) is 0 Å². The van der Waals surface area contributed by atoms with E-state index in [0.29, 0.717) is 6.54 Å². The summed E-state index contributed by atoms with van der Waals surface area (Å²) in [6.45, 7) is 3.84. The zero-order chi connectivity index (χ0) is 16.7. The van der Waals surface area contributed by atoms with E-state index < -0.39 is 0 Å². The highest BCUT2D eigenvalue weighted by Crippen LogP contribution is 2.20. The standard InChI is InChI=1S/C18H21N3O2/c1-3-15-8-4-5-10-17(15)21(14(2)22)13-18(23)20-12-16-9-6-7-11-19-16/h4-11H,3,12-13H2,1-2H3,(H,20,23). The van der Waals surface area contributed by atoms with Gasteiger partial charge in [-0.2, -0.15) is 0 Å². The van der Waals surface area contributed by atoms with Crippen LogP contribution in [0.15, 0.2) is 48.7 Å². The third-order valence-corrected chi connectivity index (χ3v) is 3.54. The molecule has 0 bridgehead atoms. The predicted molar refractivity (Wildman–Crippen MR) is 89.9 cm³/mol. The number of carbonyl (C=O) groups is 2. The molecule has 2 rings (SSSR count). The summed E-state index contributed by atoms with van der Waals surface area (Å²) in [6.07, 6.45) is 2.48. The third kappa shape index (κ3) is 4.64. The number of rotatable bonds is 6. The molecule has 0 saturated heterocycles. The van der Waals surface area contributed by atoms with Crippen molar-refractivity contribution in [2.75, 3.05) is 11.4 Å². The molecule has 2 aromatic rings. The van der Waals surface area contributed by atoms with Gasteiger partial charge >= 0.3 is 0 Å². The first-order valence-corrected chi connectivity index (χ1v) is 7.64. The van der Waals surface area contributed by atoms with Crippen LogP contribution < -0.4 is 10.2 Å². The Morgan fingerprint density at radius 2 is 1.87 bits per heavy atom. The molecule has 5 nitrogen and oxygen atoms in total. The molecule has 1 N–H and O–H groups in total. The molecule has 0 aliphatic carbocycles. The SMILES string of the molecule is CCc1ccccc1N(CC(=O)NCc1ccccn1)C(C)=O. The molecule has 1 aromatic carbocycles. The zero-order valence-electron chi connectivity index (χ0n) is 13.5. The van der Waals surface area contributed by atoms with E-state index in [1.807, 2.05) is 49.4 Å². The number of nitrogens with one attached hydrogen (secondary N) is 1. The lowest BCUT2D eigenvalue weighted by Gasteiger charge is -2.23. The summed E-state index contributed by atoms with van der Waals surface area (Å²) in [5.74, 6) is -0.365. The Hall–Kier alpha value is -2.69. The number of amides is 2. The van der Waals surface area contributed by atoms with E-state index >= 15 is 0 Å². The molecule has 23 heavy (non-hydrogen) atoms. The summed E-state index contributed by atoms with van der Waals surface area (Å²) in [6, 6.07) is 13.2. The van der Waals surface area contributed by atoms with E-state index in [2.05, 4.69) is 10.3 Å². The Morgan fingerprint density at radius 1 is 1.13 bits per heavy atom. The molecule has 0 unspecified atom stereocenters. The summed E-state index contributed by atoms with van der Waals surface area (Å²) in [7, 11) is 0. The fourth-order valence-electron chi connectivity index (χ4n) is 2.33. The van der Waals surface area contributed by atoms with E-state index in [9.17, 15) is 9.59 Å². The lowest BCUT2D eigenvalue weighted by molar-refractivity contribution is -0.123. The minimum atomic E-state index is -0.211. The number of aryl methyl sites for hydroxylation is 1. The van der Waals surface area contributed by atoms with Crippen LogP contribution in [0.3, 0.4) is 0 Å². The molecule has 1 aromatic heterocycles. The Morgan fingerprint density at radius 3 is 2.52 bits per heavy atom. The van der Waals surface area contributed by atoms with Crippen LogP contribution in [0.2, 0.25) is 0 Å². The zero-order valence-corrected chi connectivity index (χ0v) is 13.5. The Labute approximate surface area is 136 Å². The van der Waals surface area contributed by atoms with Crippen molar-refractivity contribution >= 4 is 17.5 Å². The maximum absolute atomic E-state index is 12.2. The van der Waals surface area contributed by atoms with Crippen LogP contribution in [0, 0.1) is 0 Å². The maximum atomic E-state index is 12.2. The summed E-state index contributed by atoms with van der Waals surface area (Å²) >= 11 is 0. The van der Waals surface area contributed by atoms with Crippen LogP contribution in [-0.2, 0) is 22.6 Å². The third-order valence-electron chi connectivity index (χ3n) is 3.54. The monoisotopic (exact) mass is 311 g/mol. The summed E-state index contributed by atoms with van der Waals surface area (Å²) in [5.41, 5.74) is 2.61. The Bertz CT molecular complexity index is 671. The summed E-state index contributed by atoms with van der Waals surface area (Å²) < 4.78 is 0. The highest BCUT2D eigenvalue weighted by Gasteiger charge is 2.17. The molecule has 0 atom stereocenters. The molecule has 1 heterocycles. The van der Waals surface area contributed by atoms with Crippen molar-refractivity contribution in [2.45, 2.75) is 26.8 Å². The van der Waals surface area contributed by atoms with Crippen LogP contribution in [0.5, 0.6) is 0 Å². The fourth-order valence-corrected chi connectivity index (χ4v) is 2.33. The first-order valence-electron chi connectivity index (χ1n) is 7.64. The minimum absolute atomic E-state index is 0.000813. The molecular weight excluding hydrogens is 290 g/mol. The second-order valence-electron chi connectivity index (χ2n) is 5.19. The average Bonchev–Trinajstić information content (AvgIpc) is 2.58. The van der Waals surface area contributed by atoms with Gasteiger partial charge in [0, 0.05) is 18.8 Å². The van der Waals surface area contributed by atoms with Gasteiger partial charge in [-0.25, -0.2) is 0 Å². The first-order chi connectivity index (χ1) is 11.1. The molecule has 0 radical (unpaired) electrons. The highest BCUT2D eigenvalue weighted by molar-refractivity contribution is 5.98. The molecule has 0 aliphatic heterocycles. The minimum Gasteiger partial charge on any atom is -0.349 e. The van der Waals surface area contributed by atoms with Gasteiger partial charge in [0.05, 0.1) is 12.2 Å². The van der Waals surface area contributed by atoms with Gasteiger partial charge in [0.15, 0.2) is 0 Å². The topological polar surface area (TPSA) is 62.3 Å². The lowest BCUT2D eigenvalue weighted by Crippen LogP contribution is -2.40. The van der Waals surface area contributed by atoms with Crippen molar-refractivity contribution in [1.29, 1.82) is 0 Å². The highest BCUT2D eigenvalue weighted by atomic mass is 16.2. The van der Waals surface area contributed by atoms with Gasteiger partial charge in [-0.3, -0.25) is 14.6 Å². The van der Waals surface area contributed by atoms with Crippen molar-refractivity contribution in [3.63, 3.8) is 0 Å². The van der Waals surface area contributed by atoms with Gasteiger partial charge in [-0.1, -0.05) is 31.2 Å². The largest absolute Gasteiger partial charge is 0.349 e. The normalized spacial score (nSPS) is 10.2. The van der Waals surface area contributed by atoms with Crippen molar-refractivity contribution in [1.82, 2.24) is 10.3 Å². The molecule has 120 valence electrons. The quantitative estimate of drug-likeness (QED) is 0.890. The van der Waals surface area contributed by atoms with Gasteiger partial charge in [-0.05, 0) is 30.2 Å². The van der Waals surface area contributed by atoms with Gasteiger partial charge < -0.3 is 10.2 Å². The second-order valence-corrected chi connectivity index (χ2v) is 5.19. The van der Waals surface area contributed by atoms with Crippen LogP contribution in [0.4, 0.5) is 5.69 Å². The second kappa shape index (κ2) is 8.08. The number of anilines is 1. The first kappa shape index (κ1) is 16.7. The van der Waals surface area contributed by atoms with E-state index in [0.717, 1.165) is 23.4 Å². The van der Waals surface area contributed by atoms with Crippen LogP contribution in [0.1, 0.15) is 25.1 Å². The van der Waals surface area contributed by atoms with Gasteiger partial charge in [-0.15, -0.1) is 0 Å². The van der Waals surface area contributed by atoms with E-state index in [4.69, 9.17) is 0 Å². The maximum Gasteiger partial charge on any atom is 0.240 e. The molecule has 0 spiro atoms. The smallest absolute Gasteiger partial charge is 0.240 e. The molecule has 2 amide bonds. The molecule has 0 aliphatic rings. The molecular formula is C18H21N3O2. The van der Waals surface area contributed by atoms with E-state index in [-0.39, 0.29) is 18.4 Å². The Kier molecular flexibility index (Phi) is 5.86. The molecule has 0 fully saturated rings. The number of para-hydroxylation sites is 1. The number of hydrogen-bond donors (Lipinski definition) is 1. The number of nitrogens with zero attached hydrogens (tertiary/aromatic N) is 2. The predicted octanol–water partition coefficient (Wildman–Crippen LogP) is 2.31. The summed E-state index contributed by atoms with van der Waals surface area (Å²) in [5, 5.41) is 2.80. The van der Waals surface area contributed by atoms with E-state index in [1.54, 1.807) is 6.20 Å². The van der Waals surface area contributed by atoms with Crippen molar-refractivity contribution < 1.29 is 9.59 Å². The van der Waals surface area contributed by atoms with Crippen molar-refractivity contribution in [2.24, 2.45) is 0 Å². The fraction of sp³-hybridized carbons (Fsp3) is 0.278. The molecule has 0 saturated carbocycles. The number of carbonyl (C=O) groups excluding carboxylic acids is 2. The number of benzene rings is 1. The number of aromatic nitrogens is 1. The van der Waals surface area contributed by atoms with Crippen molar-refractivity contribution in [3.05, 3.63) is 59.9 Å². The number of hydrogen-bond acceptors (Lipinski definition) is 3. The van der Waals surface area contributed by atoms with Crippen LogP contribution in [0.25, 0.3) is 0 Å². The molecule has 5 heteroatoms. The lowest BCUT2D eigenvalue weighted by atomic mass is 10.1.